The van der Waals surface area contributed by atoms with Crippen molar-refractivity contribution in [2.45, 2.75) is 45.8 Å². The predicted octanol–water partition coefficient (Wildman–Crippen LogP) is 1.59. The average Bonchev–Trinajstić information content (AvgIpc) is 2.77. The van der Waals surface area contributed by atoms with E-state index in [1.54, 1.807) is 0 Å². The lowest BCUT2D eigenvalue weighted by Gasteiger charge is -2.46. The van der Waals surface area contributed by atoms with Crippen molar-refractivity contribution in [1.29, 1.82) is 0 Å². The molecule has 1 atom stereocenters. The minimum atomic E-state index is 0.218. The van der Waals surface area contributed by atoms with Gasteiger partial charge in [-0.05, 0) is 25.8 Å². The molecular weight excluding hydrogens is 224 g/mol. The van der Waals surface area contributed by atoms with Crippen molar-refractivity contribution >= 4 is 0 Å². The van der Waals surface area contributed by atoms with E-state index >= 15 is 0 Å². The molecule has 0 spiro atoms. The zero-order valence-corrected chi connectivity index (χ0v) is 12.1. The van der Waals surface area contributed by atoms with Gasteiger partial charge in [0.25, 0.3) is 0 Å². The first-order valence-corrected chi connectivity index (χ1v) is 6.94. The van der Waals surface area contributed by atoms with Gasteiger partial charge in [0.05, 0.1) is 6.54 Å². The fourth-order valence-electron chi connectivity index (χ4n) is 2.76. The lowest BCUT2D eigenvalue weighted by Crippen LogP contribution is -2.63. The molecule has 1 aromatic heterocycles. The highest BCUT2D eigenvalue weighted by Crippen LogP contribution is 2.19. The summed E-state index contributed by atoms with van der Waals surface area (Å²) in [5, 5.41) is 7.93. The van der Waals surface area contributed by atoms with Crippen molar-refractivity contribution in [2.75, 3.05) is 19.6 Å². The molecule has 0 bridgehead atoms. The molecule has 1 saturated heterocycles. The van der Waals surface area contributed by atoms with Crippen molar-refractivity contribution in [3.63, 3.8) is 0 Å². The summed E-state index contributed by atoms with van der Waals surface area (Å²) in [7, 11) is 0. The van der Waals surface area contributed by atoms with Crippen LogP contribution < -0.4 is 5.32 Å². The summed E-state index contributed by atoms with van der Waals surface area (Å²) >= 11 is 0. The van der Waals surface area contributed by atoms with Crippen LogP contribution in [0, 0.1) is 5.92 Å². The van der Waals surface area contributed by atoms with E-state index in [0.717, 1.165) is 26.2 Å². The van der Waals surface area contributed by atoms with E-state index in [1.807, 2.05) is 23.1 Å². The van der Waals surface area contributed by atoms with Gasteiger partial charge in [0, 0.05) is 43.6 Å². The molecule has 4 nitrogen and oxygen atoms in total. The van der Waals surface area contributed by atoms with Crippen LogP contribution >= 0.6 is 0 Å². The largest absolute Gasteiger partial charge is 0.309 e. The minimum absolute atomic E-state index is 0.218. The summed E-state index contributed by atoms with van der Waals surface area (Å²) in [5.74, 6) is 0.686. The molecule has 1 unspecified atom stereocenters. The van der Waals surface area contributed by atoms with Gasteiger partial charge in [-0.15, -0.1) is 0 Å². The first-order valence-electron chi connectivity index (χ1n) is 6.94. The molecule has 2 heterocycles. The molecule has 18 heavy (non-hydrogen) atoms. The molecule has 2 rings (SSSR count). The highest BCUT2D eigenvalue weighted by molar-refractivity contribution is 4.93. The van der Waals surface area contributed by atoms with Crippen LogP contribution in [0.3, 0.4) is 0 Å². The van der Waals surface area contributed by atoms with Gasteiger partial charge in [-0.2, -0.15) is 5.10 Å². The van der Waals surface area contributed by atoms with Crippen LogP contribution in [-0.2, 0) is 6.54 Å². The SMILES string of the molecule is CC(C)C1CNC(C)(C)CN1CCn1cccn1. The summed E-state index contributed by atoms with van der Waals surface area (Å²) in [5.41, 5.74) is 0.218. The predicted molar refractivity (Wildman–Crippen MR) is 74.5 cm³/mol. The van der Waals surface area contributed by atoms with Gasteiger partial charge in [0.1, 0.15) is 0 Å². The third-order valence-electron chi connectivity index (χ3n) is 3.80. The molecule has 1 fully saturated rings. The summed E-state index contributed by atoms with van der Waals surface area (Å²) in [4.78, 5) is 2.61. The van der Waals surface area contributed by atoms with Crippen molar-refractivity contribution in [1.82, 2.24) is 20.0 Å². The molecule has 102 valence electrons. The fourth-order valence-corrected chi connectivity index (χ4v) is 2.76. The normalized spacial score (nSPS) is 24.6. The second-order valence-electron chi connectivity index (χ2n) is 6.32. The molecule has 1 aliphatic rings. The molecule has 1 aliphatic heterocycles. The highest BCUT2D eigenvalue weighted by atomic mass is 15.3. The molecule has 0 aromatic carbocycles. The average molecular weight is 250 g/mol. The van der Waals surface area contributed by atoms with E-state index in [2.05, 4.69) is 43.0 Å². The third-order valence-corrected chi connectivity index (χ3v) is 3.80. The van der Waals surface area contributed by atoms with Gasteiger partial charge >= 0.3 is 0 Å². The Balaban J connectivity index is 1.96. The Hall–Kier alpha value is -0.870. The molecule has 0 radical (unpaired) electrons. The van der Waals surface area contributed by atoms with Crippen LogP contribution in [0.25, 0.3) is 0 Å². The van der Waals surface area contributed by atoms with Crippen LogP contribution in [0.15, 0.2) is 18.5 Å². The Morgan fingerprint density at radius 3 is 2.78 bits per heavy atom. The zero-order valence-electron chi connectivity index (χ0n) is 12.1. The summed E-state index contributed by atoms with van der Waals surface area (Å²) in [6.45, 7) is 13.4. The molecular formula is C14H26N4. The van der Waals surface area contributed by atoms with E-state index in [0.29, 0.717) is 12.0 Å². The highest BCUT2D eigenvalue weighted by Gasteiger charge is 2.33. The van der Waals surface area contributed by atoms with Gasteiger partial charge in [-0.25, -0.2) is 0 Å². The van der Waals surface area contributed by atoms with E-state index in [1.165, 1.54) is 0 Å². The van der Waals surface area contributed by atoms with E-state index < -0.39 is 0 Å². The van der Waals surface area contributed by atoms with Crippen molar-refractivity contribution in [3.05, 3.63) is 18.5 Å². The van der Waals surface area contributed by atoms with Gasteiger partial charge < -0.3 is 5.32 Å². The minimum Gasteiger partial charge on any atom is -0.309 e. The summed E-state index contributed by atoms with van der Waals surface area (Å²) < 4.78 is 2.02. The topological polar surface area (TPSA) is 33.1 Å². The Morgan fingerprint density at radius 2 is 2.17 bits per heavy atom. The van der Waals surface area contributed by atoms with Crippen LogP contribution in [-0.4, -0.2) is 45.9 Å². The number of piperazine rings is 1. The monoisotopic (exact) mass is 250 g/mol. The summed E-state index contributed by atoms with van der Waals surface area (Å²) in [6.07, 6.45) is 3.89. The lowest BCUT2D eigenvalue weighted by atomic mass is 9.93. The second-order valence-corrected chi connectivity index (χ2v) is 6.32. The molecule has 4 heteroatoms. The molecule has 0 amide bonds. The number of rotatable bonds is 4. The molecule has 1 N–H and O–H groups in total. The first kappa shape index (κ1) is 13.6. The number of hydrogen-bond donors (Lipinski definition) is 1. The van der Waals surface area contributed by atoms with Gasteiger partial charge in [-0.1, -0.05) is 13.8 Å². The Bertz CT molecular complexity index is 356. The van der Waals surface area contributed by atoms with Gasteiger partial charge in [0.2, 0.25) is 0 Å². The lowest BCUT2D eigenvalue weighted by molar-refractivity contribution is 0.0654. The van der Waals surface area contributed by atoms with Gasteiger partial charge in [-0.3, -0.25) is 9.58 Å². The quantitative estimate of drug-likeness (QED) is 0.881. The molecule has 0 saturated carbocycles. The second kappa shape index (κ2) is 5.41. The maximum atomic E-state index is 4.28. The number of hydrogen-bond acceptors (Lipinski definition) is 3. The van der Waals surface area contributed by atoms with E-state index in [9.17, 15) is 0 Å². The first-order chi connectivity index (χ1) is 8.48. The maximum Gasteiger partial charge on any atom is 0.0536 e. The van der Waals surface area contributed by atoms with Crippen molar-refractivity contribution in [2.24, 2.45) is 5.92 Å². The number of nitrogens with one attached hydrogen (secondary N) is 1. The Labute approximate surface area is 110 Å². The van der Waals surface area contributed by atoms with E-state index in [4.69, 9.17) is 0 Å². The number of aromatic nitrogens is 2. The van der Waals surface area contributed by atoms with Crippen molar-refractivity contribution in [3.8, 4) is 0 Å². The summed E-state index contributed by atoms with van der Waals surface area (Å²) in [6, 6.07) is 2.62. The van der Waals surface area contributed by atoms with Crippen LogP contribution in [0.5, 0.6) is 0 Å². The fraction of sp³-hybridized carbons (Fsp3) is 0.786. The third kappa shape index (κ3) is 3.33. The van der Waals surface area contributed by atoms with Crippen molar-refractivity contribution < 1.29 is 0 Å². The Kier molecular flexibility index (Phi) is 4.07. The van der Waals surface area contributed by atoms with Crippen LogP contribution in [0.1, 0.15) is 27.7 Å². The van der Waals surface area contributed by atoms with Crippen LogP contribution in [0.2, 0.25) is 0 Å². The smallest absolute Gasteiger partial charge is 0.0536 e. The molecule has 1 aromatic rings. The van der Waals surface area contributed by atoms with Crippen LogP contribution in [0.4, 0.5) is 0 Å². The molecule has 0 aliphatic carbocycles. The zero-order chi connectivity index (χ0) is 13.2. The standard InChI is InChI=1S/C14H26N4/c1-12(2)13-10-15-14(3,4)11-17(13)8-9-18-7-5-6-16-18/h5-7,12-13,15H,8-11H2,1-4H3. The maximum absolute atomic E-state index is 4.28. The van der Waals surface area contributed by atoms with E-state index in [-0.39, 0.29) is 5.54 Å². The number of nitrogens with zero attached hydrogens (tertiary/aromatic N) is 3. The van der Waals surface area contributed by atoms with Gasteiger partial charge in [0.15, 0.2) is 0 Å². The Morgan fingerprint density at radius 1 is 1.39 bits per heavy atom.